The summed E-state index contributed by atoms with van der Waals surface area (Å²) in [6.07, 6.45) is 1.19. The number of aliphatic hydroxyl groups is 1. The first kappa shape index (κ1) is 9.69. The molecule has 1 atom stereocenters. The van der Waals surface area contributed by atoms with Crippen LogP contribution in [0.25, 0.3) is 0 Å². The van der Waals surface area contributed by atoms with Gasteiger partial charge in [-0.1, -0.05) is 5.16 Å². The molecule has 1 rings (SSSR count). The molecule has 0 radical (unpaired) electrons. The zero-order valence-electron chi connectivity index (χ0n) is 7.02. The van der Waals surface area contributed by atoms with Gasteiger partial charge >= 0.3 is 5.97 Å². The lowest BCUT2D eigenvalue weighted by atomic mass is 9.93. The molecular weight excluding hydrogens is 176 g/mol. The standard InChI is InChI=1S/C7H10N2O4/c1-4-5(2-9-13-4)7(8,3-10)6(11)12/h2,10H,3,8H2,1H3,(H,11,12). The number of aliphatic hydroxyl groups excluding tert-OH is 1. The van der Waals surface area contributed by atoms with E-state index in [9.17, 15) is 4.79 Å². The quantitative estimate of drug-likeness (QED) is 0.570. The van der Waals surface area contributed by atoms with Gasteiger partial charge in [0.15, 0.2) is 5.54 Å². The summed E-state index contributed by atoms with van der Waals surface area (Å²) in [5, 5.41) is 21.0. The molecule has 6 heteroatoms. The Morgan fingerprint density at radius 1 is 1.85 bits per heavy atom. The van der Waals surface area contributed by atoms with Gasteiger partial charge in [0.25, 0.3) is 0 Å². The van der Waals surface area contributed by atoms with Crippen molar-refractivity contribution in [3.8, 4) is 0 Å². The van der Waals surface area contributed by atoms with E-state index in [1.54, 1.807) is 0 Å². The van der Waals surface area contributed by atoms with Gasteiger partial charge in [-0.15, -0.1) is 0 Å². The maximum atomic E-state index is 10.7. The predicted molar refractivity (Wildman–Crippen MR) is 41.8 cm³/mol. The Morgan fingerprint density at radius 2 is 2.46 bits per heavy atom. The Morgan fingerprint density at radius 3 is 2.77 bits per heavy atom. The average Bonchev–Trinajstić information content (AvgIpc) is 2.50. The molecule has 0 aromatic carbocycles. The normalized spacial score (nSPS) is 15.3. The van der Waals surface area contributed by atoms with Gasteiger partial charge < -0.3 is 20.5 Å². The third-order valence-corrected chi connectivity index (χ3v) is 1.86. The molecule has 0 saturated heterocycles. The molecule has 1 heterocycles. The Kier molecular flexibility index (Phi) is 2.35. The maximum Gasteiger partial charge on any atom is 0.330 e. The highest BCUT2D eigenvalue weighted by Gasteiger charge is 2.38. The zero-order valence-corrected chi connectivity index (χ0v) is 7.02. The molecule has 6 nitrogen and oxygen atoms in total. The second kappa shape index (κ2) is 3.15. The van der Waals surface area contributed by atoms with Gasteiger partial charge in [0.1, 0.15) is 5.76 Å². The number of aryl methyl sites for hydroxylation is 1. The summed E-state index contributed by atoms with van der Waals surface area (Å²) in [6.45, 7) is 0.826. The number of rotatable bonds is 3. The van der Waals surface area contributed by atoms with Crippen molar-refractivity contribution < 1.29 is 19.5 Å². The average molecular weight is 186 g/mol. The fourth-order valence-corrected chi connectivity index (χ4v) is 0.996. The molecule has 13 heavy (non-hydrogen) atoms. The molecule has 0 aliphatic rings. The van der Waals surface area contributed by atoms with Crippen LogP contribution in [0.3, 0.4) is 0 Å². The first-order valence-corrected chi connectivity index (χ1v) is 3.57. The number of carbonyl (C=O) groups is 1. The molecule has 72 valence electrons. The fraction of sp³-hybridized carbons (Fsp3) is 0.429. The molecule has 0 spiro atoms. The van der Waals surface area contributed by atoms with E-state index in [4.69, 9.17) is 15.9 Å². The second-order valence-electron chi connectivity index (χ2n) is 2.73. The van der Waals surface area contributed by atoms with Crippen LogP contribution in [0, 0.1) is 6.92 Å². The summed E-state index contributed by atoms with van der Waals surface area (Å²) in [6, 6.07) is 0. The molecule has 0 fully saturated rings. The first-order valence-electron chi connectivity index (χ1n) is 3.57. The van der Waals surface area contributed by atoms with Crippen molar-refractivity contribution in [1.82, 2.24) is 5.16 Å². The molecule has 0 saturated carbocycles. The number of carboxylic acids is 1. The van der Waals surface area contributed by atoms with Crippen LogP contribution in [0.2, 0.25) is 0 Å². The lowest BCUT2D eigenvalue weighted by molar-refractivity contribution is -0.145. The van der Waals surface area contributed by atoms with E-state index >= 15 is 0 Å². The lowest BCUT2D eigenvalue weighted by Gasteiger charge is -2.20. The monoisotopic (exact) mass is 186 g/mol. The summed E-state index contributed by atoms with van der Waals surface area (Å²) < 4.78 is 4.66. The van der Waals surface area contributed by atoms with Crippen molar-refractivity contribution in [3.63, 3.8) is 0 Å². The zero-order chi connectivity index (χ0) is 10.1. The van der Waals surface area contributed by atoms with Crippen molar-refractivity contribution in [3.05, 3.63) is 17.5 Å². The van der Waals surface area contributed by atoms with E-state index in [0.29, 0.717) is 5.76 Å². The van der Waals surface area contributed by atoms with Crippen LogP contribution in [0.5, 0.6) is 0 Å². The number of aliphatic carboxylic acids is 1. The maximum absolute atomic E-state index is 10.7. The van der Waals surface area contributed by atoms with E-state index in [1.807, 2.05) is 0 Å². The molecule has 0 amide bonds. The van der Waals surface area contributed by atoms with E-state index in [1.165, 1.54) is 13.1 Å². The van der Waals surface area contributed by atoms with Crippen LogP contribution in [0.4, 0.5) is 0 Å². The largest absolute Gasteiger partial charge is 0.480 e. The summed E-state index contributed by atoms with van der Waals surface area (Å²) >= 11 is 0. The van der Waals surface area contributed by atoms with Crippen LogP contribution in [0.1, 0.15) is 11.3 Å². The third kappa shape index (κ3) is 1.41. The summed E-state index contributed by atoms with van der Waals surface area (Å²) in [5.74, 6) is -1.03. The van der Waals surface area contributed by atoms with E-state index in [0.717, 1.165) is 0 Å². The number of hydrogen-bond acceptors (Lipinski definition) is 5. The van der Waals surface area contributed by atoms with Gasteiger partial charge in [0, 0.05) is 5.56 Å². The van der Waals surface area contributed by atoms with Crippen LogP contribution < -0.4 is 5.73 Å². The SMILES string of the molecule is Cc1oncc1C(N)(CO)C(=O)O. The van der Waals surface area contributed by atoms with Gasteiger partial charge in [-0.25, -0.2) is 4.79 Å². The Hall–Kier alpha value is -1.40. The van der Waals surface area contributed by atoms with Gasteiger partial charge in [-0.3, -0.25) is 0 Å². The van der Waals surface area contributed by atoms with Crippen molar-refractivity contribution in [1.29, 1.82) is 0 Å². The molecule has 1 aromatic rings. The molecule has 0 aliphatic carbocycles. The van der Waals surface area contributed by atoms with Gasteiger partial charge in [0.05, 0.1) is 12.8 Å². The molecular formula is C7H10N2O4. The fourth-order valence-electron chi connectivity index (χ4n) is 0.996. The Balaban J connectivity index is 3.17. The Labute approximate surface area is 73.9 Å². The van der Waals surface area contributed by atoms with Crippen molar-refractivity contribution in [2.24, 2.45) is 5.73 Å². The second-order valence-corrected chi connectivity index (χ2v) is 2.73. The number of nitrogens with zero attached hydrogens (tertiary/aromatic N) is 1. The van der Waals surface area contributed by atoms with E-state index in [2.05, 4.69) is 9.68 Å². The first-order chi connectivity index (χ1) is 6.02. The van der Waals surface area contributed by atoms with Crippen LogP contribution in [0.15, 0.2) is 10.7 Å². The van der Waals surface area contributed by atoms with E-state index in [-0.39, 0.29) is 5.56 Å². The predicted octanol–water partition coefficient (Wildman–Crippen LogP) is -0.786. The lowest BCUT2D eigenvalue weighted by Crippen LogP contribution is -2.48. The topological polar surface area (TPSA) is 110 Å². The Bertz CT molecular complexity index is 322. The van der Waals surface area contributed by atoms with Crippen molar-refractivity contribution in [2.75, 3.05) is 6.61 Å². The summed E-state index contributed by atoms with van der Waals surface area (Å²) in [5.41, 5.74) is 3.81. The number of aromatic nitrogens is 1. The summed E-state index contributed by atoms with van der Waals surface area (Å²) in [7, 11) is 0. The molecule has 1 aromatic heterocycles. The van der Waals surface area contributed by atoms with Gasteiger partial charge in [0.2, 0.25) is 0 Å². The summed E-state index contributed by atoms with van der Waals surface area (Å²) in [4.78, 5) is 10.7. The highest BCUT2D eigenvalue weighted by molar-refractivity contribution is 5.80. The van der Waals surface area contributed by atoms with Gasteiger partial charge in [-0.05, 0) is 6.92 Å². The number of carboxylic acid groups (broad SMARTS) is 1. The molecule has 0 bridgehead atoms. The minimum atomic E-state index is -1.83. The number of hydrogen-bond donors (Lipinski definition) is 3. The van der Waals surface area contributed by atoms with Crippen LogP contribution in [-0.2, 0) is 10.3 Å². The highest BCUT2D eigenvalue weighted by atomic mass is 16.5. The van der Waals surface area contributed by atoms with Crippen LogP contribution in [-0.4, -0.2) is 27.9 Å². The highest BCUT2D eigenvalue weighted by Crippen LogP contribution is 2.21. The van der Waals surface area contributed by atoms with Gasteiger partial charge in [-0.2, -0.15) is 0 Å². The molecule has 4 N–H and O–H groups in total. The molecule has 0 aliphatic heterocycles. The van der Waals surface area contributed by atoms with Crippen LogP contribution >= 0.6 is 0 Å². The third-order valence-electron chi connectivity index (χ3n) is 1.86. The van der Waals surface area contributed by atoms with Crippen molar-refractivity contribution in [2.45, 2.75) is 12.5 Å². The smallest absolute Gasteiger partial charge is 0.330 e. The minimum absolute atomic E-state index is 0.183. The van der Waals surface area contributed by atoms with Crippen molar-refractivity contribution >= 4 is 5.97 Å². The molecule has 1 unspecified atom stereocenters. The van der Waals surface area contributed by atoms with E-state index < -0.39 is 18.1 Å². The minimum Gasteiger partial charge on any atom is -0.480 e. The number of nitrogens with two attached hydrogens (primary N) is 1.